The highest BCUT2D eigenvalue weighted by atomic mass is 32.1. The highest BCUT2D eigenvalue weighted by Crippen LogP contribution is 2.17. The van der Waals surface area contributed by atoms with Gasteiger partial charge in [-0.3, -0.25) is 0 Å². The molecule has 1 aliphatic heterocycles. The van der Waals surface area contributed by atoms with Gasteiger partial charge in [-0.1, -0.05) is 12.1 Å². The number of nitrogens with one attached hydrogen (secondary N) is 2. The van der Waals surface area contributed by atoms with Crippen LogP contribution in [0.15, 0.2) is 18.2 Å². The van der Waals surface area contributed by atoms with E-state index in [1.807, 2.05) is 0 Å². The maximum absolute atomic E-state index is 5.35. The number of hydrogen-bond donors (Lipinski definition) is 2. The van der Waals surface area contributed by atoms with Crippen molar-refractivity contribution in [3.8, 4) is 0 Å². The van der Waals surface area contributed by atoms with Gasteiger partial charge in [-0.2, -0.15) is 0 Å². The summed E-state index contributed by atoms with van der Waals surface area (Å²) in [6, 6.07) is 6.24. The fourth-order valence-corrected chi connectivity index (χ4v) is 2.78. The van der Waals surface area contributed by atoms with Crippen LogP contribution in [-0.4, -0.2) is 36.2 Å². The minimum Gasteiger partial charge on any atom is -0.362 e. The van der Waals surface area contributed by atoms with E-state index >= 15 is 0 Å². The van der Waals surface area contributed by atoms with E-state index in [1.165, 1.54) is 43.6 Å². The molecule has 0 atom stereocenters. The Hall–Kier alpha value is -1.13. The maximum atomic E-state index is 5.35. The van der Waals surface area contributed by atoms with Crippen molar-refractivity contribution in [2.24, 2.45) is 0 Å². The van der Waals surface area contributed by atoms with Crippen molar-refractivity contribution in [3.05, 3.63) is 29.3 Å². The third-order valence-corrected chi connectivity index (χ3v) is 4.23. The molecule has 0 radical (unpaired) electrons. The van der Waals surface area contributed by atoms with Gasteiger partial charge >= 0.3 is 0 Å². The van der Waals surface area contributed by atoms with Gasteiger partial charge in [0.25, 0.3) is 0 Å². The first kappa shape index (κ1) is 15.3. The molecule has 0 saturated carbocycles. The molecule has 1 saturated heterocycles. The molecule has 0 amide bonds. The first-order chi connectivity index (χ1) is 9.66. The predicted molar refractivity (Wildman–Crippen MR) is 90.4 cm³/mol. The van der Waals surface area contributed by atoms with Crippen LogP contribution in [0.1, 0.15) is 30.4 Å². The molecule has 3 nitrogen and oxygen atoms in total. The van der Waals surface area contributed by atoms with Crippen LogP contribution in [0.5, 0.6) is 0 Å². The van der Waals surface area contributed by atoms with Crippen LogP contribution >= 0.6 is 12.2 Å². The zero-order valence-corrected chi connectivity index (χ0v) is 13.4. The number of aryl methyl sites for hydroxylation is 1. The van der Waals surface area contributed by atoms with Crippen LogP contribution in [0.4, 0.5) is 5.69 Å². The van der Waals surface area contributed by atoms with Gasteiger partial charge in [0.2, 0.25) is 0 Å². The second-order valence-electron chi connectivity index (χ2n) is 5.53. The zero-order valence-electron chi connectivity index (χ0n) is 12.5. The van der Waals surface area contributed by atoms with E-state index in [4.69, 9.17) is 12.2 Å². The number of rotatable bonds is 5. The van der Waals surface area contributed by atoms with Crippen molar-refractivity contribution >= 4 is 23.0 Å². The SMILES string of the molecule is Cc1cccc(NC(=S)NCCCN2CCCC2)c1C. The van der Waals surface area contributed by atoms with Crippen LogP contribution < -0.4 is 10.6 Å². The van der Waals surface area contributed by atoms with E-state index in [0.717, 1.165) is 23.8 Å². The summed E-state index contributed by atoms with van der Waals surface area (Å²) in [6.45, 7) is 8.89. The third kappa shape index (κ3) is 4.46. The normalized spacial score (nSPS) is 15.3. The monoisotopic (exact) mass is 291 g/mol. The first-order valence-corrected chi connectivity index (χ1v) is 7.91. The average molecular weight is 291 g/mol. The second-order valence-corrected chi connectivity index (χ2v) is 5.94. The summed E-state index contributed by atoms with van der Waals surface area (Å²) in [6.07, 6.45) is 3.87. The fraction of sp³-hybridized carbons (Fsp3) is 0.562. The van der Waals surface area contributed by atoms with E-state index in [9.17, 15) is 0 Å². The summed E-state index contributed by atoms with van der Waals surface area (Å²) in [5, 5.41) is 7.30. The van der Waals surface area contributed by atoms with E-state index < -0.39 is 0 Å². The molecule has 1 fully saturated rings. The lowest BCUT2D eigenvalue weighted by molar-refractivity contribution is 0.334. The molecule has 1 heterocycles. The minimum atomic E-state index is 0.722. The van der Waals surface area contributed by atoms with Crippen LogP contribution in [-0.2, 0) is 0 Å². The van der Waals surface area contributed by atoms with Crippen LogP contribution in [0.2, 0.25) is 0 Å². The maximum Gasteiger partial charge on any atom is 0.170 e. The van der Waals surface area contributed by atoms with E-state index in [0.29, 0.717) is 0 Å². The summed E-state index contributed by atoms with van der Waals surface area (Å²) >= 11 is 5.35. The highest BCUT2D eigenvalue weighted by Gasteiger charge is 2.10. The zero-order chi connectivity index (χ0) is 14.4. The largest absolute Gasteiger partial charge is 0.362 e. The smallest absolute Gasteiger partial charge is 0.170 e. The Labute approximate surface area is 127 Å². The van der Waals surface area contributed by atoms with Gasteiger partial charge in [-0.15, -0.1) is 0 Å². The van der Waals surface area contributed by atoms with Gasteiger partial charge in [0, 0.05) is 12.2 Å². The molecule has 0 spiro atoms. The Morgan fingerprint density at radius 2 is 2.00 bits per heavy atom. The Morgan fingerprint density at radius 1 is 1.25 bits per heavy atom. The number of thiocarbonyl (C=S) groups is 1. The number of benzene rings is 1. The fourth-order valence-electron chi connectivity index (χ4n) is 2.56. The lowest BCUT2D eigenvalue weighted by atomic mass is 10.1. The molecule has 2 rings (SSSR count). The predicted octanol–water partition coefficient (Wildman–Crippen LogP) is 3.08. The summed E-state index contributed by atoms with van der Waals surface area (Å²) in [7, 11) is 0. The molecule has 0 aromatic heterocycles. The summed E-state index contributed by atoms with van der Waals surface area (Å²) in [4.78, 5) is 2.53. The van der Waals surface area contributed by atoms with E-state index in [-0.39, 0.29) is 0 Å². The number of nitrogens with zero attached hydrogens (tertiary/aromatic N) is 1. The second kappa shape index (κ2) is 7.60. The Balaban J connectivity index is 1.68. The lowest BCUT2D eigenvalue weighted by Gasteiger charge is -2.16. The molecule has 1 aliphatic rings. The van der Waals surface area contributed by atoms with Crippen LogP contribution in [0, 0.1) is 13.8 Å². The molecule has 1 aromatic carbocycles. The topological polar surface area (TPSA) is 27.3 Å². The Kier molecular flexibility index (Phi) is 5.80. The van der Waals surface area contributed by atoms with E-state index in [1.54, 1.807) is 0 Å². The quantitative estimate of drug-likeness (QED) is 0.644. The summed E-state index contributed by atoms with van der Waals surface area (Å²) in [5.74, 6) is 0. The van der Waals surface area contributed by atoms with Crippen molar-refractivity contribution in [2.75, 3.05) is 31.5 Å². The van der Waals surface area contributed by atoms with Crippen molar-refractivity contribution in [2.45, 2.75) is 33.1 Å². The minimum absolute atomic E-state index is 0.722. The molecular formula is C16H25N3S. The van der Waals surface area contributed by atoms with Gasteiger partial charge in [-0.25, -0.2) is 0 Å². The van der Waals surface area contributed by atoms with Gasteiger partial charge in [0.05, 0.1) is 0 Å². The Morgan fingerprint density at radius 3 is 2.75 bits per heavy atom. The third-order valence-electron chi connectivity index (χ3n) is 3.99. The molecular weight excluding hydrogens is 266 g/mol. The summed E-state index contributed by atoms with van der Waals surface area (Å²) < 4.78 is 0. The van der Waals surface area contributed by atoms with Crippen molar-refractivity contribution in [1.82, 2.24) is 10.2 Å². The standard InChI is InChI=1S/C16H25N3S/c1-13-7-5-8-15(14(13)2)18-16(20)17-9-6-12-19-10-3-4-11-19/h5,7-8H,3-4,6,9-12H2,1-2H3,(H2,17,18,20). The van der Waals surface area contributed by atoms with Crippen molar-refractivity contribution in [3.63, 3.8) is 0 Å². The van der Waals surface area contributed by atoms with Gasteiger partial charge < -0.3 is 15.5 Å². The average Bonchev–Trinajstić information content (AvgIpc) is 2.93. The molecule has 0 bridgehead atoms. The lowest BCUT2D eigenvalue weighted by Crippen LogP contribution is -2.31. The first-order valence-electron chi connectivity index (χ1n) is 7.50. The molecule has 2 N–H and O–H groups in total. The number of likely N-dealkylation sites (tertiary alicyclic amines) is 1. The van der Waals surface area contributed by atoms with Crippen LogP contribution in [0.3, 0.4) is 0 Å². The number of hydrogen-bond acceptors (Lipinski definition) is 2. The Bertz CT molecular complexity index is 453. The van der Waals surface area contributed by atoms with E-state index in [2.05, 4.69) is 47.6 Å². The number of anilines is 1. The molecule has 0 aliphatic carbocycles. The van der Waals surface area contributed by atoms with Crippen molar-refractivity contribution in [1.29, 1.82) is 0 Å². The molecule has 0 unspecified atom stereocenters. The van der Waals surface area contributed by atoms with Crippen LogP contribution in [0.25, 0.3) is 0 Å². The molecule has 1 aromatic rings. The van der Waals surface area contributed by atoms with Gasteiger partial charge in [0.1, 0.15) is 0 Å². The van der Waals surface area contributed by atoms with Crippen molar-refractivity contribution < 1.29 is 0 Å². The molecule has 20 heavy (non-hydrogen) atoms. The van der Waals surface area contributed by atoms with Gasteiger partial charge in [0.15, 0.2) is 5.11 Å². The molecule has 110 valence electrons. The van der Waals surface area contributed by atoms with Gasteiger partial charge in [-0.05, 0) is 82.2 Å². The highest BCUT2D eigenvalue weighted by molar-refractivity contribution is 7.80. The summed E-state index contributed by atoms with van der Waals surface area (Å²) in [5.41, 5.74) is 3.64. The molecule has 4 heteroatoms.